The fraction of sp³-hybridized carbons (Fsp3) is 0.417. The zero-order valence-corrected chi connectivity index (χ0v) is 11.2. The maximum atomic E-state index is 13.8. The van der Waals surface area contributed by atoms with Crippen LogP contribution in [0.1, 0.15) is 6.42 Å². The lowest BCUT2D eigenvalue weighted by Gasteiger charge is -2.08. The minimum Gasteiger partial charge on any atom is -0.490 e. The summed E-state index contributed by atoms with van der Waals surface area (Å²) in [4.78, 5) is 0. The van der Waals surface area contributed by atoms with E-state index in [2.05, 4.69) is 5.10 Å². The van der Waals surface area contributed by atoms with Crippen LogP contribution in [0, 0.1) is 11.7 Å². The quantitative estimate of drug-likeness (QED) is 0.811. The van der Waals surface area contributed by atoms with Crippen molar-refractivity contribution in [3.05, 3.63) is 24.1 Å². The Hall–Kier alpha value is -1.00. The van der Waals surface area contributed by atoms with Crippen molar-refractivity contribution in [3.8, 4) is 5.75 Å². The molecule has 0 saturated heterocycles. The smallest absolute Gasteiger partial charge is 0.165 e. The van der Waals surface area contributed by atoms with E-state index in [9.17, 15) is 4.39 Å². The topological polar surface area (TPSA) is 27.1 Å². The molecule has 1 saturated carbocycles. The summed E-state index contributed by atoms with van der Waals surface area (Å²) in [7, 11) is 1.80. The normalized spacial score (nSPS) is 21.2. The van der Waals surface area contributed by atoms with Crippen LogP contribution in [-0.2, 0) is 7.05 Å². The first-order chi connectivity index (χ1) is 8.47. The molecular weight excluding hydrogens is 278 g/mol. The van der Waals surface area contributed by atoms with Gasteiger partial charge in [0.05, 0.1) is 18.3 Å². The summed E-state index contributed by atoms with van der Waals surface area (Å²) >= 11 is 11.8. The Labute approximate surface area is 113 Å². The molecule has 0 N–H and O–H groups in total. The third-order valence-corrected chi connectivity index (χ3v) is 4.12. The van der Waals surface area contributed by atoms with Crippen LogP contribution in [0.5, 0.6) is 5.75 Å². The van der Waals surface area contributed by atoms with Crippen LogP contribution in [0.4, 0.5) is 4.39 Å². The highest BCUT2D eigenvalue weighted by molar-refractivity contribution is 6.50. The van der Waals surface area contributed by atoms with Gasteiger partial charge in [-0.3, -0.25) is 4.68 Å². The number of halogens is 3. The molecule has 2 aromatic rings. The van der Waals surface area contributed by atoms with Crippen LogP contribution < -0.4 is 4.74 Å². The van der Waals surface area contributed by atoms with Gasteiger partial charge in [0, 0.05) is 24.4 Å². The van der Waals surface area contributed by atoms with Crippen molar-refractivity contribution in [2.45, 2.75) is 10.8 Å². The van der Waals surface area contributed by atoms with Gasteiger partial charge in [0.15, 0.2) is 11.6 Å². The lowest BCUT2D eigenvalue weighted by Crippen LogP contribution is -2.05. The molecule has 0 amide bonds. The Bertz CT molecular complexity index is 611. The van der Waals surface area contributed by atoms with E-state index in [0.717, 1.165) is 10.9 Å². The summed E-state index contributed by atoms with van der Waals surface area (Å²) in [6.07, 6.45) is 2.30. The number of rotatable bonds is 3. The summed E-state index contributed by atoms with van der Waals surface area (Å²) in [6, 6.07) is 3.06. The Morgan fingerprint density at radius 3 is 2.94 bits per heavy atom. The molecule has 3 rings (SSSR count). The second-order valence-corrected chi connectivity index (χ2v) is 6.13. The van der Waals surface area contributed by atoms with Crippen LogP contribution >= 0.6 is 23.2 Å². The molecule has 0 spiro atoms. The molecule has 1 unspecified atom stereocenters. The number of hydrogen-bond donors (Lipinski definition) is 0. The molecule has 0 radical (unpaired) electrons. The summed E-state index contributed by atoms with van der Waals surface area (Å²) in [6.45, 7) is 0.327. The van der Waals surface area contributed by atoms with Crippen molar-refractivity contribution in [2.24, 2.45) is 13.0 Å². The molecule has 1 fully saturated rings. The van der Waals surface area contributed by atoms with Crippen molar-refractivity contribution < 1.29 is 9.13 Å². The number of aryl methyl sites for hydroxylation is 1. The average Bonchev–Trinajstić information content (AvgIpc) is 2.76. The minimum absolute atomic E-state index is 0.0717. The van der Waals surface area contributed by atoms with Crippen LogP contribution in [0.3, 0.4) is 0 Å². The van der Waals surface area contributed by atoms with E-state index in [1.54, 1.807) is 24.0 Å². The van der Waals surface area contributed by atoms with Gasteiger partial charge < -0.3 is 4.74 Å². The zero-order chi connectivity index (χ0) is 12.9. The largest absolute Gasteiger partial charge is 0.490 e. The molecule has 18 heavy (non-hydrogen) atoms. The number of alkyl halides is 2. The van der Waals surface area contributed by atoms with Gasteiger partial charge >= 0.3 is 0 Å². The van der Waals surface area contributed by atoms with Gasteiger partial charge in [-0.1, -0.05) is 0 Å². The monoisotopic (exact) mass is 288 g/mol. The number of benzene rings is 1. The summed E-state index contributed by atoms with van der Waals surface area (Å²) in [5.74, 6) is -0.115. The number of hydrogen-bond acceptors (Lipinski definition) is 2. The first-order valence-corrected chi connectivity index (χ1v) is 6.35. The first kappa shape index (κ1) is 12.1. The van der Waals surface area contributed by atoms with Crippen LogP contribution in [0.25, 0.3) is 10.9 Å². The van der Waals surface area contributed by atoms with E-state index in [-0.39, 0.29) is 11.7 Å². The maximum absolute atomic E-state index is 13.8. The maximum Gasteiger partial charge on any atom is 0.165 e. The summed E-state index contributed by atoms with van der Waals surface area (Å²) in [5, 5.41) is 4.81. The van der Waals surface area contributed by atoms with E-state index < -0.39 is 10.2 Å². The Balaban J connectivity index is 1.82. The van der Waals surface area contributed by atoms with Crippen LogP contribution in [0.15, 0.2) is 18.3 Å². The molecule has 1 aliphatic rings. The molecule has 6 heteroatoms. The Kier molecular flexibility index (Phi) is 2.68. The van der Waals surface area contributed by atoms with E-state index in [0.29, 0.717) is 13.0 Å². The number of nitrogens with zero attached hydrogens (tertiary/aromatic N) is 2. The van der Waals surface area contributed by atoms with Gasteiger partial charge in [-0.25, -0.2) is 4.39 Å². The van der Waals surface area contributed by atoms with Crippen molar-refractivity contribution in [1.29, 1.82) is 0 Å². The zero-order valence-electron chi connectivity index (χ0n) is 9.66. The lowest BCUT2D eigenvalue weighted by molar-refractivity contribution is 0.285. The highest BCUT2D eigenvalue weighted by Gasteiger charge is 2.52. The number of fused-ring (bicyclic) bond motifs is 1. The Morgan fingerprint density at radius 1 is 1.56 bits per heavy atom. The van der Waals surface area contributed by atoms with E-state index in [4.69, 9.17) is 27.9 Å². The SMILES string of the molecule is Cn1ncc2cc(F)c(OCC3CC3(Cl)Cl)cc21. The summed E-state index contributed by atoms with van der Waals surface area (Å²) < 4.78 is 20.2. The van der Waals surface area contributed by atoms with E-state index in [1.165, 1.54) is 6.07 Å². The Morgan fingerprint density at radius 2 is 2.28 bits per heavy atom. The van der Waals surface area contributed by atoms with Gasteiger partial charge in [-0.2, -0.15) is 5.10 Å². The van der Waals surface area contributed by atoms with Crippen molar-refractivity contribution in [1.82, 2.24) is 9.78 Å². The predicted molar refractivity (Wildman–Crippen MR) is 68.7 cm³/mol. The molecule has 1 aromatic heterocycles. The predicted octanol–water partition coefficient (Wildman–Crippen LogP) is 3.29. The van der Waals surface area contributed by atoms with E-state index in [1.807, 2.05) is 0 Å². The molecule has 0 bridgehead atoms. The second-order valence-electron chi connectivity index (χ2n) is 4.58. The number of aromatic nitrogens is 2. The van der Waals surface area contributed by atoms with Gasteiger partial charge in [0.2, 0.25) is 0 Å². The average molecular weight is 289 g/mol. The van der Waals surface area contributed by atoms with Crippen molar-refractivity contribution in [3.63, 3.8) is 0 Å². The van der Waals surface area contributed by atoms with E-state index >= 15 is 0 Å². The molecule has 3 nitrogen and oxygen atoms in total. The molecule has 1 heterocycles. The number of ether oxygens (including phenoxy) is 1. The fourth-order valence-corrected chi connectivity index (χ4v) is 2.40. The molecule has 96 valence electrons. The highest BCUT2D eigenvalue weighted by atomic mass is 35.5. The highest BCUT2D eigenvalue weighted by Crippen LogP contribution is 2.53. The van der Waals surface area contributed by atoms with Gasteiger partial charge in [-0.05, 0) is 12.5 Å². The third-order valence-electron chi connectivity index (χ3n) is 3.20. The molecule has 1 atom stereocenters. The first-order valence-electron chi connectivity index (χ1n) is 5.59. The second kappa shape index (κ2) is 4.00. The molecular formula is C12H11Cl2FN2O. The lowest BCUT2D eigenvalue weighted by atomic mass is 10.2. The standard InChI is InChI=1S/C12H11Cl2FN2O/c1-17-10-3-11(9(15)2-7(10)5-16-17)18-6-8-4-12(8,13)14/h2-3,5,8H,4,6H2,1H3. The molecule has 1 aliphatic carbocycles. The summed E-state index contributed by atoms with van der Waals surface area (Å²) in [5.41, 5.74) is 0.824. The van der Waals surface area contributed by atoms with Crippen molar-refractivity contribution in [2.75, 3.05) is 6.61 Å². The van der Waals surface area contributed by atoms with Gasteiger partial charge in [0.25, 0.3) is 0 Å². The minimum atomic E-state index is -0.701. The van der Waals surface area contributed by atoms with Crippen molar-refractivity contribution >= 4 is 34.1 Å². The third kappa shape index (κ3) is 2.04. The fourth-order valence-electron chi connectivity index (χ4n) is 1.90. The molecule has 0 aliphatic heterocycles. The van der Waals surface area contributed by atoms with Crippen LogP contribution in [-0.4, -0.2) is 20.7 Å². The van der Waals surface area contributed by atoms with Gasteiger partial charge in [-0.15, -0.1) is 23.2 Å². The van der Waals surface area contributed by atoms with Crippen LogP contribution in [0.2, 0.25) is 0 Å². The van der Waals surface area contributed by atoms with Gasteiger partial charge in [0.1, 0.15) is 4.33 Å². The molecule has 1 aromatic carbocycles.